The number of rotatable bonds is 10. The molecule has 0 bridgehead atoms. The summed E-state index contributed by atoms with van der Waals surface area (Å²) in [4.78, 5) is 25.8. The second kappa shape index (κ2) is 11.4. The molecular formula is C30H36ClNO5. The minimum atomic E-state index is -0.939. The quantitative estimate of drug-likeness (QED) is 0.426. The van der Waals surface area contributed by atoms with Crippen molar-refractivity contribution in [3.63, 3.8) is 0 Å². The Bertz CT molecular complexity index is 1160. The summed E-state index contributed by atoms with van der Waals surface area (Å²) < 4.78 is 12.3. The van der Waals surface area contributed by atoms with Crippen molar-refractivity contribution in [1.29, 1.82) is 0 Å². The molecule has 2 aromatic rings. The molecule has 2 atom stereocenters. The average molecular weight is 526 g/mol. The molecule has 1 N–H and O–H groups in total. The zero-order valence-electron chi connectivity index (χ0n) is 21.8. The van der Waals surface area contributed by atoms with Gasteiger partial charge < -0.3 is 19.5 Å². The number of ether oxygens (including phenoxy) is 2. The fourth-order valence-electron chi connectivity index (χ4n) is 4.99. The van der Waals surface area contributed by atoms with Crippen molar-refractivity contribution in [3.05, 3.63) is 82.0 Å². The number of amides is 1. The van der Waals surface area contributed by atoms with Gasteiger partial charge in [-0.15, -0.1) is 0 Å². The number of hydrogen-bond donors (Lipinski definition) is 1. The van der Waals surface area contributed by atoms with Gasteiger partial charge in [0.2, 0.25) is 5.91 Å². The van der Waals surface area contributed by atoms with Crippen LogP contribution in [0, 0.1) is 5.41 Å². The van der Waals surface area contributed by atoms with Crippen LogP contribution in [0.3, 0.4) is 0 Å². The minimum Gasteiger partial charge on any atom is -0.481 e. The Kier molecular flexibility index (Phi) is 8.42. The summed E-state index contributed by atoms with van der Waals surface area (Å²) in [6, 6.07) is 16.0. The van der Waals surface area contributed by atoms with Gasteiger partial charge in [-0.3, -0.25) is 9.59 Å². The van der Waals surface area contributed by atoms with Crippen LogP contribution in [0.2, 0.25) is 5.02 Å². The van der Waals surface area contributed by atoms with Crippen molar-refractivity contribution in [2.75, 3.05) is 19.8 Å². The minimum absolute atomic E-state index is 0.118. The first kappa shape index (κ1) is 27.4. The predicted molar refractivity (Wildman–Crippen MR) is 143 cm³/mol. The molecule has 0 aliphatic carbocycles. The molecule has 1 amide bonds. The van der Waals surface area contributed by atoms with E-state index in [1.807, 2.05) is 36.4 Å². The van der Waals surface area contributed by atoms with E-state index in [-0.39, 0.29) is 36.8 Å². The number of nitrogens with zero attached hydrogens (tertiary/aromatic N) is 1. The number of fused-ring (bicyclic) bond motifs is 1. The van der Waals surface area contributed by atoms with Gasteiger partial charge in [0.15, 0.2) is 0 Å². The summed E-state index contributed by atoms with van der Waals surface area (Å²) in [7, 11) is 0. The maximum absolute atomic E-state index is 13.2. The molecule has 0 radical (unpaired) electrons. The Morgan fingerprint density at radius 2 is 1.97 bits per heavy atom. The second-order valence-electron chi connectivity index (χ2n) is 11.2. The van der Waals surface area contributed by atoms with Gasteiger partial charge in [0.05, 0.1) is 31.7 Å². The van der Waals surface area contributed by atoms with E-state index in [0.717, 1.165) is 35.1 Å². The zero-order valence-corrected chi connectivity index (χ0v) is 22.6. The molecule has 37 heavy (non-hydrogen) atoms. The molecule has 1 unspecified atom stereocenters. The van der Waals surface area contributed by atoms with Gasteiger partial charge >= 0.3 is 5.97 Å². The second-order valence-corrected chi connectivity index (χ2v) is 11.6. The lowest BCUT2D eigenvalue weighted by molar-refractivity contribution is -0.138. The maximum atomic E-state index is 13.2. The van der Waals surface area contributed by atoms with E-state index in [4.69, 9.17) is 26.2 Å². The highest BCUT2D eigenvalue weighted by molar-refractivity contribution is 6.31. The molecule has 1 saturated heterocycles. The smallest absolute Gasteiger partial charge is 0.305 e. The molecule has 0 spiro atoms. The molecule has 2 aliphatic rings. The van der Waals surface area contributed by atoms with Gasteiger partial charge in [-0.1, -0.05) is 74.8 Å². The summed E-state index contributed by atoms with van der Waals surface area (Å²) in [5.74, 6) is -1.06. The van der Waals surface area contributed by atoms with Crippen LogP contribution in [0.5, 0.6) is 0 Å². The highest BCUT2D eigenvalue weighted by Crippen LogP contribution is 2.47. The van der Waals surface area contributed by atoms with Crippen LogP contribution in [-0.2, 0) is 37.5 Å². The Morgan fingerprint density at radius 1 is 1.22 bits per heavy atom. The van der Waals surface area contributed by atoms with Gasteiger partial charge in [-0.2, -0.15) is 0 Å². The topological polar surface area (TPSA) is 76.1 Å². The predicted octanol–water partition coefficient (Wildman–Crippen LogP) is 5.76. The zero-order chi connectivity index (χ0) is 26.6. The Balaban J connectivity index is 1.60. The van der Waals surface area contributed by atoms with Crippen LogP contribution in [0.1, 0.15) is 56.7 Å². The maximum Gasteiger partial charge on any atom is 0.305 e. The molecule has 198 valence electrons. The van der Waals surface area contributed by atoms with Crippen molar-refractivity contribution in [2.24, 2.45) is 5.41 Å². The largest absolute Gasteiger partial charge is 0.481 e. The van der Waals surface area contributed by atoms with Crippen molar-refractivity contribution >= 4 is 23.5 Å². The molecule has 4 rings (SSSR count). The summed E-state index contributed by atoms with van der Waals surface area (Å²) in [5.41, 5.74) is 3.60. The Morgan fingerprint density at radius 3 is 2.65 bits per heavy atom. The number of aryl methyl sites for hydroxylation is 1. The van der Waals surface area contributed by atoms with E-state index in [1.165, 1.54) is 4.90 Å². The number of hydrogen-bond acceptors (Lipinski definition) is 4. The van der Waals surface area contributed by atoms with Crippen LogP contribution in [-0.4, -0.2) is 47.7 Å². The third-order valence-corrected chi connectivity index (χ3v) is 7.55. The molecule has 0 saturated carbocycles. The molecule has 2 aromatic carbocycles. The molecule has 6 nitrogen and oxygen atoms in total. The van der Waals surface area contributed by atoms with Gasteiger partial charge in [-0.25, -0.2) is 0 Å². The Hall–Kier alpha value is -2.67. The molecule has 1 fully saturated rings. The number of carbonyl (C=O) groups is 2. The van der Waals surface area contributed by atoms with E-state index in [0.29, 0.717) is 24.8 Å². The Labute approximate surface area is 224 Å². The van der Waals surface area contributed by atoms with Crippen LogP contribution in [0.15, 0.2) is 60.3 Å². The van der Waals surface area contributed by atoms with Gasteiger partial charge in [0.1, 0.15) is 6.10 Å². The number of carboxylic acids is 1. The van der Waals surface area contributed by atoms with Crippen molar-refractivity contribution < 1.29 is 24.2 Å². The normalized spacial score (nSPS) is 21.6. The number of carboxylic acid groups (broad SMARTS) is 1. The SMILES string of the molecule is CC(C)(C)CCc1ccc([C@@]23COC(COCc4ccccc4)C2=CN(CCC(=O)O)C(=O)C3)cc1Cl. The summed E-state index contributed by atoms with van der Waals surface area (Å²) >= 11 is 6.76. The first-order chi connectivity index (χ1) is 17.6. The van der Waals surface area contributed by atoms with E-state index < -0.39 is 11.4 Å². The van der Waals surface area contributed by atoms with E-state index in [9.17, 15) is 9.59 Å². The van der Waals surface area contributed by atoms with Crippen LogP contribution >= 0.6 is 11.6 Å². The number of benzene rings is 2. The van der Waals surface area contributed by atoms with E-state index in [1.54, 1.807) is 6.20 Å². The van der Waals surface area contributed by atoms with E-state index in [2.05, 4.69) is 32.9 Å². The highest BCUT2D eigenvalue weighted by atomic mass is 35.5. The van der Waals surface area contributed by atoms with Gasteiger partial charge in [-0.05, 0) is 46.6 Å². The molecule has 2 aliphatic heterocycles. The number of halogens is 1. The lowest BCUT2D eigenvalue weighted by Crippen LogP contribution is -2.44. The monoisotopic (exact) mass is 525 g/mol. The molecule has 2 heterocycles. The fraction of sp³-hybridized carbons (Fsp3) is 0.467. The van der Waals surface area contributed by atoms with Crippen molar-refractivity contribution in [1.82, 2.24) is 4.90 Å². The average Bonchev–Trinajstić information content (AvgIpc) is 3.20. The highest BCUT2D eigenvalue weighted by Gasteiger charge is 2.51. The molecular weight excluding hydrogens is 490 g/mol. The van der Waals surface area contributed by atoms with Gasteiger partial charge in [0, 0.05) is 24.2 Å². The van der Waals surface area contributed by atoms with E-state index >= 15 is 0 Å². The lowest BCUT2D eigenvalue weighted by atomic mass is 9.70. The summed E-state index contributed by atoms with van der Waals surface area (Å²) in [6.45, 7) is 7.89. The first-order valence-corrected chi connectivity index (χ1v) is 13.2. The fourth-order valence-corrected chi connectivity index (χ4v) is 5.27. The first-order valence-electron chi connectivity index (χ1n) is 12.8. The molecule has 7 heteroatoms. The van der Waals surface area contributed by atoms with Crippen LogP contribution in [0.4, 0.5) is 0 Å². The van der Waals surface area contributed by atoms with Crippen LogP contribution < -0.4 is 0 Å². The summed E-state index contributed by atoms with van der Waals surface area (Å²) in [5, 5.41) is 9.85. The third kappa shape index (κ3) is 6.61. The van der Waals surface area contributed by atoms with Gasteiger partial charge in [0.25, 0.3) is 0 Å². The van der Waals surface area contributed by atoms with Crippen LogP contribution in [0.25, 0.3) is 0 Å². The van der Waals surface area contributed by atoms with Crippen molar-refractivity contribution in [3.8, 4) is 0 Å². The number of carbonyl (C=O) groups excluding carboxylic acids is 1. The lowest BCUT2D eigenvalue weighted by Gasteiger charge is -2.37. The summed E-state index contributed by atoms with van der Waals surface area (Å²) in [6.07, 6.45) is 3.43. The van der Waals surface area contributed by atoms with Crippen molar-refractivity contribution in [2.45, 2.75) is 64.6 Å². The standard InChI is InChI=1S/C30H36ClNO5/c1-29(2,3)13-11-22-9-10-23(15-25(22)31)30-16-27(33)32(14-12-28(34)35)17-24(30)26(37-20-30)19-36-18-21-7-5-4-6-8-21/h4-10,15,17,26H,11-14,16,18-20H2,1-3H3,(H,34,35)/t26?,30-/m1/s1. The third-order valence-electron chi connectivity index (χ3n) is 7.20. The number of aliphatic carboxylic acids is 1. The molecule has 0 aromatic heterocycles.